The van der Waals surface area contributed by atoms with Crippen molar-refractivity contribution in [3.8, 4) is 0 Å². The number of nitrogens with one attached hydrogen (secondary N) is 1. The van der Waals surface area contributed by atoms with Crippen LogP contribution in [0, 0.1) is 19.8 Å². The summed E-state index contributed by atoms with van der Waals surface area (Å²) in [7, 11) is 1.93. The molecule has 0 bridgehead atoms. The van der Waals surface area contributed by atoms with E-state index < -0.39 is 5.54 Å². The summed E-state index contributed by atoms with van der Waals surface area (Å²) in [6.45, 7) is 7.70. The smallest absolute Gasteiger partial charge is 0.323 e. The van der Waals surface area contributed by atoms with Gasteiger partial charge in [0.05, 0.1) is 18.9 Å². The minimum atomic E-state index is -0.698. The third-order valence-corrected chi connectivity index (χ3v) is 7.36. The molecule has 2 heterocycles. The highest BCUT2D eigenvalue weighted by Crippen LogP contribution is 2.36. The fourth-order valence-corrected chi connectivity index (χ4v) is 5.06. The first-order valence-electron chi connectivity index (χ1n) is 11.3. The molecule has 32 heavy (non-hydrogen) atoms. The molecule has 2 aliphatic rings. The highest BCUT2D eigenvalue weighted by molar-refractivity contribution is 6.31. The van der Waals surface area contributed by atoms with Crippen molar-refractivity contribution in [3.05, 3.63) is 51.8 Å². The Hall–Kier alpha value is -2.38. The second-order valence-corrected chi connectivity index (χ2v) is 9.89. The molecule has 2 aromatic rings. The van der Waals surface area contributed by atoms with Crippen molar-refractivity contribution in [1.29, 1.82) is 0 Å². The van der Waals surface area contributed by atoms with Gasteiger partial charge in [0.1, 0.15) is 5.54 Å². The van der Waals surface area contributed by atoms with E-state index >= 15 is 0 Å². The quantitative estimate of drug-likeness (QED) is 0.663. The molecule has 1 aromatic heterocycles. The van der Waals surface area contributed by atoms with Crippen LogP contribution in [0.4, 0.5) is 4.79 Å². The van der Waals surface area contributed by atoms with E-state index in [1.165, 1.54) is 4.90 Å². The van der Waals surface area contributed by atoms with E-state index in [1.807, 2.05) is 54.7 Å². The Morgan fingerprint density at radius 1 is 1.22 bits per heavy atom. The van der Waals surface area contributed by atoms with Gasteiger partial charge in [0.25, 0.3) is 5.91 Å². The van der Waals surface area contributed by atoms with Gasteiger partial charge >= 0.3 is 6.03 Å². The Morgan fingerprint density at radius 2 is 1.91 bits per heavy atom. The second kappa shape index (κ2) is 8.87. The number of aromatic nitrogens is 2. The third kappa shape index (κ3) is 4.28. The van der Waals surface area contributed by atoms with Crippen LogP contribution in [-0.2, 0) is 17.9 Å². The zero-order valence-electron chi connectivity index (χ0n) is 19.3. The normalized spacial score (nSPS) is 23.4. The number of aryl methyl sites for hydroxylation is 1. The SMILES string of the molecule is Cc1nn(Cc2ccccc2Cl)c(C)c1CN(C)CN1C(=O)NC2(CCC(C)CC2)C1=O. The monoisotopic (exact) mass is 457 g/mol. The number of halogens is 1. The van der Waals surface area contributed by atoms with Crippen LogP contribution in [-0.4, -0.2) is 50.8 Å². The zero-order chi connectivity index (χ0) is 23.0. The maximum atomic E-state index is 13.1. The molecule has 172 valence electrons. The summed E-state index contributed by atoms with van der Waals surface area (Å²) in [5, 5.41) is 8.43. The lowest BCUT2D eigenvalue weighted by atomic mass is 9.77. The largest absolute Gasteiger partial charge is 0.326 e. The summed E-state index contributed by atoms with van der Waals surface area (Å²) in [6.07, 6.45) is 3.40. The van der Waals surface area contributed by atoms with Crippen molar-refractivity contribution >= 4 is 23.5 Å². The summed E-state index contributed by atoms with van der Waals surface area (Å²) in [5.74, 6) is 0.527. The molecule has 0 atom stereocenters. The number of benzene rings is 1. The van der Waals surface area contributed by atoms with E-state index in [4.69, 9.17) is 16.7 Å². The van der Waals surface area contributed by atoms with E-state index in [-0.39, 0.29) is 18.6 Å². The molecule has 4 rings (SSSR count). The van der Waals surface area contributed by atoms with Gasteiger partial charge in [-0.05, 0) is 64.1 Å². The highest BCUT2D eigenvalue weighted by atomic mass is 35.5. The van der Waals surface area contributed by atoms with Gasteiger partial charge in [-0.25, -0.2) is 9.69 Å². The molecule has 8 heteroatoms. The molecule has 1 aliphatic carbocycles. The van der Waals surface area contributed by atoms with Gasteiger partial charge in [0.15, 0.2) is 0 Å². The number of rotatable bonds is 6. The second-order valence-electron chi connectivity index (χ2n) is 9.48. The third-order valence-electron chi connectivity index (χ3n) is 6.99. The Balaban J connectivity index is 1.44. The molecule has 1 spiro atoms. The van der Waals surface area contributed by atoms with Gasteiger partial charge in [0.2, 0.25) is 0 Å². The maximum Gasteiger partial charge on any atom is 0.326 e. The average molecular weight is 458 g/mol. The summed E-state index contributed by atoms with van der Waals surface area (Å²) in [4.78, 5) is 29.2. The summed E-state index contributed by atoms with van der Waals surface area (Å²) < 4.78 is 1.96. The van der Waals surface area contributed by atoms with Crippen LogP contribution >= 0.6 is 11.6 Å². The van der Waals surface area contributed by atoms with Crippen LogP contribution in [0.3, 0.4) is 0 Å². The standard InChI is InChI=1S/C24H32ClN5O2/c1-16-9-11-24(12-10-16)22(31)29(23(32)26-24)15-28(4)14-20-17(2)27-30(18(20)3)13-19-7-5-6-8-21(19)25/h5-8,16H,9-15H2,1-4H3,(H,26,32). The van der Waals surface area contributed by atoms with Crippen molar-refractivity contribution in [3.63, 3.8) is 0 Å². The van der Waals surface area contributed by atoms with Crippen LogP contribution < -0.4 is 5.32 Å². The van der Waals surface area contributed by atoms with Crippen molar-refractivity contribution in [2.75, 3.05) is 13.7 Å². The minimum absolute atomic E-state index is 0.0795. The van der Waals surface area contributed by atoms with Crippen LogP contribution in [0.2, 0.25) is 5.02 Å². The molecular formula is C24H32ClN5O2. The van der Waals surface area contributed by atoms with Gasteiger partial charge < -0.3 is 5.32 Å². The van der Waals surface area contributed by atoms with Gasteiger partial charge in [-0.1, -0.05) is 36.7 Å². The van der Waals surface area contributed by atoms with Crippen LogP contribution in [0.1, 0.15) is 55.1 Å². The molecule has 1 saturated heterocycles. The first-order valence-corrected chi connectivity index (χ1v) is 11.7. The lowest BCUT2D eigenvalue weighted by molar-refractivity contribution is -0.134. The van der Waals surface area contributed by atoms with E-state index in [1.54, 1.807) is 0 Å². The molecule has 0 unspecified atom stereocenters. The molecular weight excluding hydrogens is 426 g/mol. The number of hydrogen-bond donors (Lipinski definition) is 1. The molecule has 2 fully saturated rings. The molecule has 1 aromatic carbocycles. The Kier molecular flexibility index (Phi) is 6.32. The minimum Gasteiger partial charge on any atom is -0.323 e. The van der Waals surface area contributed by atoms with Crippen LogP contribution in [0.5, 0.6) is 0 Å². The lowest BCUT2D eigenvalue weighted by Crippen LogP contribution is -2.49. The molecule has 3 amide bonds. The zero-order valence-corrected chi connectivity index (χ0v) is 20.1. The summed E-state index contributed by atoms with van der Waals surface area (Å²) in [6, 6.07) is 7.50. The molecule has 0 radical (unpaired) electrons. The van der Waals surface area contributed by atoms with Crippen molar-refractivity contribution < 1.29 is 9.59 Å². The molecule has 7 nitrogen and oxygen atoms in total. The number of nitrogens with zero attached hydrogens (tertiary/aromatic N) is 4. The van der Waals surface area contributed by atoms with E-state index in [0.29, 0.717) is 19.0 Å². The summed E-state index contributed by atoms with van der Waals surface area (Å²) >= 11 is 6.32. The summed E-state index contributed by atoms with van der Waals surface area (Å²) in [5.41, 5.74) is 3.43. The van der Waals surface area contributed by atoms with E-state index in [2.05, 4.69) is 12.2 Å². The van der Waals surface area contributed by atoms with E-state index in [0.717, 1.165) is 53.2 Å². The first kappa shape index (κ1) is 22.8. The van der Waals surface area contributed by atoms with Crippen LogP contribution in [0.15, 0.2) is 24.3 Å². The van der Waals surface area contributed by atoms with Gasteiger partial charge in [-0.15, -0.1) is 0 Å². The molecule has 1 N–H and O–H groups in total. The Labute approximate surface area is 194 Å². The number of amides is 3. The Morgan fingerprint density at radius 3 is 2.59 bits per heavy atom. The van der Waals surface area contributed by atoms with E-state index in [9.17, 15) is 9.59 Å². The van der Waals surface area contributed by atoms with Crippen molar-refractivity contribution in [2.45, 2.75) is 65.1 Å². The number of imide groups is 1. The molecule has 1 saturated carbocycles. The predicted octanol–water partition coefficient (Wildman–Crippen LogP) is 4.09. The number of hydrogen-bond acceptors (Lipinski definition) is 4. The topological polar surface area (TPSA) is 70.5 Å². The van der Waals surface area contributed by atoms with Gasteiger partial charge in [-0.3, -0.25) is 14.4 Å². The van der Waals surface area contributed by atoms with Crippen molar-refractivity contribution in [1.82, 2.24) is 24.9 Å². The van der Waals surface area contributed by atoms with Crippen LogP contribution in [0.25, 0.3) is 0 Å². The molecule has 1 aliphatic heterocycles. The fraction of sp³-hybridized carbons (Fsp3) is 0.542. The van der Waals surface area contributed by atoms with Gasteiger partial charge in [-0.2, -0.15) is 5.10 Å². The maximum absolute atomic E-state index is 13.1. The lowest BCUT2D eigenvalue weighted by Gasteiger charge is -2.33. The van der Waals surface area contributed by atoms with Crippen molar-refractivity contribution in [2.24, 2.45) is 5.92 Å². The highest BCUT2D eigenvalue weighted by Gasteiger charge is 2.52. The Bertz CT molecular complexity index is 1030. The number of urea groups is 1. The first-order chi connectivity index (χ1) is 15.2. The average Bonchev–Trinajstić information content (AvgIpc) is 3.14. The number of carbonyl (C=O) groups is 2. The number of carbonyl (C=O) groups excluding carboxylic acids is 2. The fourth-order valence-electron chi connectivity index (χ4n) is 4.86. The van der Waals surface area contributed by atoms with Gasteiger partial charge in [0, 0.05) is 22.8 Å². The predicted molar refractivity (Wildman–Crippen MR) is 124 cm³/mol.